The zero-order valence-corrected chi connectivity index (χ0v) is 15.0. The van der Waals surface area contributed by atoms with Gasteiger partial charge in [-0.25, -0.2) is 0 Å². The molecule has 1 aromatic carbocycles. The molecule has 0 saturated carbocycles. The summed E-state index contributed by atoms with van der Waals surface area (Å²) in [6.07, 6.45) is 1.49. The predicted octanol–water partition coefficient (Wildman–Crippen LogP) is 2.71. The van der Waals surface area contributed by atoms with E-state index in [0.29, 0.717) is 42.6 Å². The fourth-order valence-electron chi connectivity index (χ4n) is 2.73. The summed E-state index contributed by atoms with van der Waals surface area (Å²) in [5, 5.41) is 21.6. The molecule has 2 aromatic rings. The molecule has 0 aliphatic carbocycles. The number of hydrogen-bond donors (Lipinski definition) is 1. The number of rotatable bonds is 4. The molecule has 1 amide bonds. The molecule has 1 fully saturated rings. The second-order valence-corrected chi connectivity index (χ2v) is 6.13. The Bertz CT molecular complexity index is 918. The Labute approximate surface area is 160 Å². The van der Waals surface area contributed by atoms with Crippen LogP contribution in [0.15, 0.2) is 46.1 Å². The number of nitrogens with one attached hydrogen (secondary N) is 1. The third-order valence-electron chi connectivity index (χ3n) is 4.10. The summed E-state index contributed by atoms with van der Waals surface area (Å²) in [6.45, 7) is 2.41. The monoisotopic (exact) mass is 382 g/mol. The van der Waals surface area contributed by atoms with Crippen LogP contribution in [0, 0.1) is 22.7 Å². The molecule has 27 heavy (non-hydrogen) atoms. The first kappa shape index (κ1) is 18.3. The number of carbonyl (C=O) groups excluding carboxylic acids is 1. The van der Waals surface area contributed by atoms with Crippen LogP contribution in [0.3, 0.4) is 0 Å². The van der Waals surface area contributed by atoms with Crippen LogP contribution in [0.4, 0.5) is 11.4 Å². The van der Waals surface area contributed by atoms with Gasteiger partial charge in [-0.2, -0.15) is 15.6 Å². The number of piperazine rings is 1. The van der Waals surface area contributed by atoms with Crippen LogP contribution in [0.1, 0.15) is 10.6 Å². The van der Waals surface area contributed by atoms with E-state index in [2.05, 4.69) is 15.4 Å². The van der Waals surface area contributed by atoms with Gasteiger partial charge in [0.15, 0.2) is 5.76 Å². The van der Waals surface area contributed by atoms with Crippen molar-refractivity contribution in [2.75, 3.05) is 36.5 Å². The molecular formula is C18H15ClN6O2. The van der Waals surface area contributed by atoms with Crippen molar-refractivity contribution < 1.29 is 9.21 Å². The molecule has 1 aromatic heterocycles. The normalized spacial score (nSPS) is 13.4. The van der Waals surface area contributed by atoms with E-state index in [1.165, 1.54) is 6.26 Å². The molecular weight excluding hydrogens is 368 g/mol. The highest BCUT2D eigenvalue weighted by atomic mass is 35.5. The second kappa shape index (κ2) is 8.26. The maximum atomic E-state index is 12.3. The number of halogens is 1. The smallest absolute Gasteiger partial charge is 0.289 e. The summed E-state index contributed by atoms with van der Waals surface area (Å²) < 4.78 is 5.16. The minimum atomic E-state index is -0.271. The number of benzene rings is 1. The van der Waals surface area contributed by atoms with Gasteiger partial charge in [-0.05, 0) is 30.3 Å². The van der Waals surface area contributed by atoms with Gasteiger partial charge in [-0.3, -0.25) is 10.2 Å². The number of nitrogens with zero attached hydrogens (tertiary/aromatic N) is 5. The molecule has 0 unspecified atom stereocenters. The fraction of sp³-hybridized carbons (Fsp3) is 0.222. The number of hydrazone groups is 1. The van der Waals surface area contributed by atoms with Crippen molar-refractivity contribution in [1.29, 1.82) is 10.5 Å². The van der Waals surface area contributed by atoms with Gasteiger partial charge in [0, 0.05) is 26.2 Å². The molecule has 3 rings (SSSR count). The lowest BCUT2D eigenvalue weighted by Crippen LogP contribution is -2.48. The quantitative estimate of drug-likeness (QED) is 0.643. The van der Waals surface area contributed by atoms with Gasteiger partial charge in [-0.1, -0.05) is 11.6 Å². The summed E-state index contributed by atoms with van der Waals surface area (Å²) in [4.78, 5) is 16.2. The minimum Gasteiger partial charge on any atom is -0.459 e. The topological polar surface area (TPSA) is 109 Å². The Balaban J connectivity index is 1.63. The summed E-state index contributed by atoms with van der Waals surface area (Å²) >= 11 is 6.37. The lowest BCUT2D eigenvalue weighted by Gasteiger charge is -2.36. The van der Waals surface area contributed by atoms with Gasteiger partial charge in [0.2, 0.25) is 5.71 Å². The van der Waals surface area contributed by atoms with Crippen LogP contribution in [0.5, 0.6) is 0 Å². The van der Waals surface area contributed by atoms with Crippen LogP contribution in [-0.2, 0) is 0 Å². The molecule has 0 radical (unpaired) electrons. The Morgan fingerprint density at radius 1 is 1.19 bits per heavy atom. The minimum absolute atomic E-state index is 0.117. The van der Waals surface area contributed by atoms with E-state index in [-0.39, 0.29) is 11.6 Å². The van der Waals surface area contributed by atoms with E-state index in [1.54, 1.807) is 41.3 Å². The molecule has 136 valence electrons. The van der Waals surface area contributed by atoms with E-state index in [9.17, 15) is 4.79 Å². The number of furan rings is 1. The first-order valence-corrected chi connectivity index (χ1v) is 8.51. The molecule has 0 bridgehead atoms. The van der Waals surface area contributed by atoms with Gasteiger partial charge in [-0.15, -0.1) is 0 Å². The second-order valence-electron chi connectivity index (χ2n) is 5.72. The van der Waals surface area contributed by atoms with Gasteiger partial charge in [0.1, 0.15) is 12.1 Å². The van der Waals surface area contributed by atoms with E-state index >= 15 is 0 Å². The molecule has 0 spiro atoms. The van der Waals surface area contributed by atoms with Crippen molar-refractivity contribution in [3.8, 4) is 12.1 Å². The SMILES string of the molecule is N#CC(C#N)=NNc1ccc(N2CCN(C(=O)c3ccco3)CC2)c(Cl)c1. The Kier molecular flexibility index (Phi) is 5.60. The summed E-state index contributed by atoms with van der Waals surface area (Å²) in [5.74, 6) is 0.223. The molecule has 2 heterocycles. The van der Waals surface area contributed by atoms with Crippen LogP contribution < -0.4 is 10.3 Å². The zero-order chi connectivity index (χ0) is 19.2. The van der Waals surface area contributed by atoms with Crippen LogP contribution in [0.25, 0.3) is 0 Å². The first-order valence-electron chi connectivity index (χ1n) is 8.13. The van der Waals surface area contributed by atoms with Gasteiger partial charge in [0.05, 0.1) is 22.7 Å². The standard InChI is InChI=1S/C18H15ClN6O2/c19-15-10-13(22-23-14(11-20)12-21)3-4-16(15)24-5-7-25(8-6-24)18(26)17-2-1-9-27-17/h1-4,9-10,22H,5-8H2. The highest BCUT2D eigenvalue weighted by molar-refractivity contribution is 6.33. The average Bonchev–Trinajstić information content (AvgIpc) is 3.23. The van der Waals surface area contributed by atoms with Crippen molar-refractivity contribution in [2.24, 2.45) is 5.10 Å². The van der Waals surface area contributed by atoms with E-state index in [0.717, 1.165) is 5.69 Å². The predicted molar refractivity (Wildman–Crippen MR) is 101 cm³/mol. The Morgan fingerprint density at radius 3 is 2.52 bits per heavy atom. The molecule has 0 atom stereocenters. The van der Waals surface area contributed by atoms with Crippen molar-refractivity contribution in [3.05, 3.63) is 47.4 Å². The van der Waals surface area contributed by atoms with E-state index in [1.807, 2.05) is 6.07 Å². The van der Waals surface area contributed by atoms with E-state index in [4.69, 9.17) is 26.5 Å². The first-order chi connectivity index (χ1) is 13.1. The maximum absolute atomic E-state index is 12.3. The summed E-state index contributed by atoms with van der Waals surface area (Å²) in [6, 6.07) is 12.0. The number of hydrogen-bond acceptors (Lipinski definition) is 7. The third-order valence-corrected chi connectivity index (χ3v) is 4.40. The summed E-state index contributed by atoms with van der Waals surface area (Å²) in [7, 11) is 0. The third kappa shape index (κ3) is 4.20. The Morgan fingerprint density at radius 2 is 1.93 bits per heavy atom. The molecule has 1 saturated heterocycles. The van der Waals surface area contributed by atoms with Gasteiger partial charge >= 0.3 is 0 Å². The summed E-state index contributed by atoms with van der Waals surface area (Å²) in [5.41, 5.74) is 3.77. The van der Waals surface area contributed by atoms with Crippen molar-refractivity contribution >= 4 is 34.6 Å². The molecule has 1 N–H and O–H groups in total. The van der Waals surface area contributed by atoms with Crippen LogP contribution in [0.2, 0.25) is 5.02 Å². The highest BCUT2D eigenvalue weighted by Gasteiger charge is 2.24. The number of amides is 1. The Hall–Kier alpha value is -3.49. The average molecular weight is 383 g/mol. The molecule has 1 aliphatic heterocycles. The number of nitriles is 2. The molecule has 1 aliphatic rings. The van der Waals surface area contributed by atoms with Crippen molar-refractivity contribution in [3.63, 3.8) is 0 Å². The lowest BCUT2D eigenvalue weighted by molar-refractivity contribution is 0.0714. The highest BCUT2D eigenvalue weighted by Crippen LogP contribution is 2.30. The van der Waals surface area contributed by atoms with Gasteiger partial charge in [0.25, 0.3) is 5.91 Å². The number of anilines is 2. The maximum Gasteiger partial charge on any atom is 0.289 e. The number of carbonyl (C=O) groups is 1. The lowest BCUT2D eigenvalue weighted by atomic mass is 10.2. The van der Waals surface area contributed by atoms with Crippen molar-refractivity contribution in [2.45, 2.75) is 0 Å². The van der Waals surface area contributed by atoms with Gasteiger partial charge < -0.3 is 14.2 Å². The fourth-order valence-corrected chi connectivity index (χ4v) is 3.03. The molecule has 8 nitrogen and oxygen atoms in total. The van der Waals surface area contributed by atoms with Crippen LogP contribution in [-0.4, -0.2) is 42.7 Å². The largest absolute Gasteiger partial charge is 0.459 e. The molecule has 9 heteroatoms. The van der Waals surface area contributed by atoms with E-state index < -0.39 is 0 Å². The van der Waals surface area contributed by atoms with Crippen LogP contribution >= 0.6 is 11.6 Å². The van der Waals surface area contributed by atoms with Crippen molar-refractivity contribution in [1.82, 2.24) is 4.90 Å². The zero-order valence-electron chi connectivity index (χ0n) is 14.2.